The summed E-state index contributed by atoms with van der Waals surface area (Å²) in [7, 11) is 0. The van der Waals surface area contributed by atoms with Crippen LogP contribution in [-0.2, 0) is 9.59 Å². The summed E-state index contributed by atoms with van der Waals surface area (Å²) in [6.45, 7) is 1.75. The third kappa shape index (κ3) is 4.48. The van der Waals surface area contributed by atoms with Gasteiger partial charge in [-0.15, -0.1) is 0 Å². The van der Waals surface area contributed by atoms with Crippen LogP contribution >= 0.6 is 43.5 Å². The molecule has 2 aliphatic rings. The molecule has 2 fully saturated rings. The number of hydrogen-bond acceptors (Lipinski definition) is 4. The molecule has 0 bridgehead atoms. The number of amides is 3. The van der Waals surface area contributed by atoms with E-state index in [1.165, 1.54) is 6.07 Å². The summed E-state index contributed by atoms with van der Waals surface area (Å²) in [5.41, 5.74) is 0.513. The third-order valence-electron chi connectivity index (χ3n) is 6.46. The molecule has 5 atom stereocenters. The van der Waals surface area contributed by atoms with E-state index < -0.39 is 35.6 Å². The Hall–Kier alpha value is -2.03. The normalized spacial score (nSPS) is 25.1. The first-order chi connectivity index (χ1) is 16.3. The van der Waals surface area contributed by atoms with Gasteiger partial charge >= 0.3 is 0 Å². The van der Waals surface area contributed by atoms with E-state index in [0.29, 0.717) is 18.4 Å². The zero-order valence-electron chi connectivity index (χ0n) is 18.4. The van der Waals surface area contributed by atoms with Gasteiger partial charge in [0.15, 0.2) is 5.78 Å². The van der Waals surface area contributed by atoms with E-state index in [0.717, 1.165) is 10.0 Å². The average molecular weight is 611 g/mol. The summed E-state index contributed by atoms with van der Waals surface area (Å²) in [5, 5.41) is 2.14. The first-order valence-electron chi connectivity index (χ1n) is 11.1. The van der Waals surface area contributed by atoms with Crippen molar-refractivity contribution in [1.82, 2.24) is 10.0 Å². The number of fused-ring (bicyclic) bond motifs is 1. The predicted molar refractivity (Wildman–Crippen MR) is 136 cm³/mol. The van der Waals surface area contributed by atoms with Gasteiger partial charge in [-0.25, -0.2) is 5.01 Å². The lowest BCUT2D eigenvalue weighted by molar-refractivity contribution is -0.156. The molecule has 1 saturated carbocycles. The van der Waals surface area contributed by atoms with Gasteiger partial charge in [0.05, 0.1) is 22.4 Å². The number of ketones is 1. The number of rotatable bonds is 6. The van der Waals surface area contributed by atoms with Crippen LogP contribution in [0.5, 0.6) is 0 Å². The van der Waals surface area contributed by atoms with Crippen molar-refractivity contribution < 1.29 is 19.2 Å². The van der Waals surface area contributed by atoms with Crippen molar-refractivity contribution in [3.05, 3.63) is 70.7 Å². The molecule has 34 heavy (non-hydrogen) atoms. The molecule has 1 aliphatic carbocycles. The molecule has 0 N–H and O–H groups in total. The highest BCUT2D eigenvalue weighted by molar-refractivity contribution is 9.12. The first kappa shape index (κ1) is 25.1. The van der Waals surface area contributed by atoms with Crippen LogP contribution in [0.2, 0.25) is 5.02 Å². The molecule has 0 aromatic heterocycles. The van der Waals surface area contributed by atoms with Crippen LogP contribution < -0.4 is 0 Å². The minimum Gasteiger partial charge on any atom is -0.292 e. The topological polar surface area (TPSA) is 74.8 Å². The molecule has 9 heteroatoms. The number of imide groups is 1. The fourth-order valence-electron chi connectivity index (χ4n) is 4.68. The first-order valence-corrected chi connectivity index (χ1v) is 13.3. The zero-order chi connectivity index (χ0) is 24.6. The summed E-state index contributed by atoms with van der Waals surface area (Å²) >= 11 is 13.5. The number of carbonyl (C=O) groups is 4. The minimum absolute atomic E-state index is 0.0195. The molecular weight excluding hydrogens is 588 g/mol. The fourth-order valence-corrected chi connectivity index (χ4v) is 6.14. The highest BCUT2D eigenvalue weighted by atomic mass is 79.9. The van der Waals surface area contributed by atoms with Crippen molar-refractivity contribution >= 4 is 67.0 Å². The molecular formula is C25H23Br2ClN2O4. The van der Waals surface area contributed by atoms with Gasteiger partial charge in [-0.2, -0.15) is 5.01 Å². The van der Waals surface area contributed by atoms with Gasteiger partial charge in [-0.1, -0.05) is 92.8 Å². The van der Waals surface area contributed by atoms with E-state index in [4.69, 9.17) is 11.6 Å². The van der Waals surface area contributed by atoms with Crippen LogP contribution in [0.25, 0.3) is 0 Å². The molecule has 2 aromatic rings. The van der Waals surface area contributed by atoms with Gasteiger partial charge in [0.25, 0.3) is 17.7 Å². The lowest BCUT2D eigenvalue weighted by Gasteiger charge is -2.36. The summed E-state index contributed by atoms with van der Waals surface area (Å²) in [5.74, 6) is -3.05. The summed E-state index contributed by atoms with van der Waals surface area (Å²) in [6.07, 6.45) is 1.12. The molecule has 6 nitrogen and oxygen atoms in total. The van der Waals surface area contributed by atoms with Crippen LogP contribution in [-0.4, -0.2) is 49.2 Å². The van der Waals surface area contributed by atoms with E-state index in [2.05, 4.69) is 31.9 Å². The smallest absolute Gasteiger partial charge is 0.275 e. The van der Waals surface area contributed by atoms with Crippen molar-refractivity contribution in [3.63, 3.8) is 0 Å². The molecule has 1 heterocycles. The molecule has 0 unspecified atom stereocenters. The number of nitrogens with zero attached hydrogens (tertiary/aromatic N) is 2. The maximum atomic E-state index is 13.8. The Bertz CT molecular complexity index is 1100. The lowest BCUT2D eigenvalue weighted by atomic mass is 9.81. The van der Waals surface area contributed by atoms with E-state index in [1.54, 1.807) is 55.5 Å². The Morgan fingerprint density at radius 1 is 0.971 bits per heavy atom. The molecule has 0 radical (unpaired) electrons. The molecule has 1 aliphatic heterocycles. The van der Waals surface area contributed by atoms with Gasteiger partial charge in [-0.3, -0.25) is 19.2 Å². The Kier molecular flexibility index (Phi) is 7.60. The maximum Gasteiger partial charge on any atom is 0.275 e. The van der Waals surface area contributed by atoms with Gasteiger partial charge < -0.3 is 0 Å². The highest BCUT2D eigenvalue weighted by Gasteiger charge is 2.56. The second-order valence-corrected chi connectivity index (χ2v) is 11.2. The largest absolute Gasteiger partial charge is 0.292 e. The number of alkyl halides is 2. The van der Waals surface area contributed by atoms with E-state index in [1.807, 2.05) is 0 Å². The standard InChI is InChI=1S/C25H23Br2ClN2O4/c1-2-21(22(31)14-8-4-3-5-9-14)29(23(32)15-10-6-7-11-20(15)28)30-24(33)16-12-18(26)19(27)13-17(16)25(30)34/h3-11,16-19,21H,2,12-13H2,1H3/t16-,17-,18-,19+,21-/m1/s1. The summed E-state index contributed by atoms with van der Waals surface area (Å²) in [4.78, 5) is 54.6. The Morgan fingerprint density at radius 3 is 2.03 bits per heavy atom. The van der Waals surface area contributed by atoms with Crippen molar-refractivity contribution in [2.75, 3.05) is 0 Å². The molecule has 2 aromatic carbocycles. The summed E-state index contributed by atoms with van der Waals surface area (Å²) in [6, 6.07) is 13.9. The molecule has 3 amide bonds. The van der Waals surface area contributed by atoms with Crippen LogP contribution in [0.15, 0.2) is 54.6 Å². The Labute approximate surface area is 219 Å². The SMILES string of the molecule is CC[C@H](C(=O)c1ccccc1)N(C(=O)c1ccccc1Cl)N1C(=O)[C@@H]2C[C@@H](Br)[C@@H](Br)C[C@H]2C1=O. The second kappa shape index (κ2) is 10.3. The van der Waals surface area contributed by atoms with Gasteiger partial charge in [0.1, 0.15) is 6.04 Å². The summed E-state index contributed by atoms with van der Waals surface area (Å²) < 4.78 is 0. The van der Waals surface area contributed by atoms with Crippen LogP contribution in [0.1, 0.15) is 46.9 Å². The molecule has 0 spiro atoms. The Morgan fingerprint density at radius 2 is 1.50 bits per heavy atom. The van der Waals surface area contributed by atoms with Crippen molar-refractivity contribution in [2.24, 2.45) is 11.8 Å². The Balaban J connectivity index is 1.80. The van der Waals surface area contributed by atoms with Crippen LogP contribution in [0.3, 0.4) is 0 Å². The monoisotopic (exact) mass is 608 g/mol. The van der Waals surface area contributed by atoms with Gasteiger partial charge in [0, 0.05) is 15.2 Å². The van der Waals surface area contributed by atoms with E-state index in [-0.39, 0.29) is 32.4 Å². The number of Topliss-reactive ketones (excluding diaryl/α,β-unsaturated/α-hetero) is 1. The lowest BCUT2D eigenvalue weighted by Crippen LogP contribution is -2.57. The third-order valence-corrected chi connectivity index (χ3v) is 9.52. The highest BCUT2D eigenvalue weighted by Crippen LogP contribution is 2.44. The maximum absolute atomic E-state index is 13.8. The van der Waals surface area contributed by atoms with Gasteiger partial charge in [0.2, 0.25) is 0 Å². The fraction of sp³-hybridized carbons (Fsp3) is 0.360. The quantitative estimate of drug-likeness (QED) is 0.254. The predicted octanol–water partition coefficient (Wildman–Crippen LogP) is 5.28. The number of halogens is 3. The van der Waals surface area contributed by atoms with Crippen molar-refractivity contribution in [3.8, 4) is 0 Å². The molecule has 4 rings (SSSR count). The number of benzene rings is 2. The van der Waals surface area contributed by atoms with Crippen molar-refractivity contribution in [2.45, 2.75) is 41.9 Å². The number of hydrazine groups is 1. The second-order valence-electron chi connectivity index (χ2n) is 8.49. The number of hydrogen-bond donors (Lipinski definition) is 0. The van der Waals surface area contributed by atoms with Crippen molar-refractivity contribution in [1.29, 1.82) is 0 Å². The van der Waals surface area contributed by atoms with Crippen LogP contribution in [0.4, 0.5) is 0 Å². The van der Waals surface area contributed by atoms with E-state index >= 15 is 0 Å². The average Bonchev–Trinajstić information content (AvgIpc) is 3.07. The van der Waals surface area contributed by atoms with Crippen LogP contribution in [0, 0.1) is 11.8 Å². The molecule has 1 saturated heterocycles. The molecule has 178 valence electrons. The van der Waals surface area contributed by atoms with Gasteiger partial charge in [-0.05, 0) is 31.4 Å². The van der Waals surface area contributed by atoms with E-state index in [9.17, 15) is 19.2 Å². The minimum atomic E-state index is -1.06. The number of carbonyl (C=O) groups excluding carboxylic acids is 4. The zero-order valence-corrected chi connectivity index (χ0v) is 22.3.